The van der Waals surface area contributed by atoms with Crippen LogP contribution in [0.5, 0.6) is 0 Å². The maximum absolute atomic E-state index is 11.4. The Hall–Kier alpha value is -1.78. The van der Waals surface area contributed by atoms with Crippen molar-refractivity contribution in [1.82, 2.24) is 9.99 Å². The van der Waals surface area contributed by atoms with Gasteiger partial charge in [0.05, 0.1) is 18.8 Å². The number of hydrogen-bond donors (Lipinski definition) is 1. The van der Waals surface area contributed by atoms with Crippen LogP contribution in [0.3, 0.4) is 0 Å². The van der Waals surface area contributed by atoms with E-state index in [9.17, 15) is 4.79 Å². The fourth-order valence-corrected chi connectivity index (χ4v) is 1.35. The molecule has 0 fully saturated rings. The van der Waals surface area contributed by atoms with Gasteiger partial charge in [-0.25, -0.2) is 9.47 Å². The zero-order valence-electron chi connectivity index (χ0n) is 7.86. The van der Waals surface area contributed by atoms with Crippen molar-refractivity contribution in [1.29, 1.82) is 0 Å². The molecule has 1 aromatic rings. The molecule has 0 saturated heterocycles. The summed E-state index contributed by atoms with van der Waals surface area (Å²) >= 11 is 0. The minimum Gasteiger partial charge on any atom is -0.461 e. The summed E-state index contributed by atoms with van der Waals surface area (Å²) in [5.74, 6) is -0.335. The standard InChI is InChI=1S/C9H11N3O2/c1-2-14-9(13)8-4-3-7-5-10-6-11-12(7)8/h3-4,6H,2,5H2,1H3,(H,10,11). The molecule has 1 aliphatic rings. The van der Waals surface area contributed by atoms with Crippen molar-refractivity contribution in [2.45, 2.75) is 13.5 Å². The van der Waals surface area contributed by atoms with E-state index in [1.54, 1.807) is 24.0 Å². The number of ether oxygens (including phenoxy) is 1. The molecule has 74 valence electrons. The molecular formula is C9H11N3O2. The Morgan fingerprint density at radius 3 is 3.36 bits per heavy atom. The van der Waals surface area contributed by atoms with Crippen molar-refractivity contribution in [3.8, 4) is 0 Å². The third kappa shape index (κ3) is 1.37. The van der Waals surface area contributed by atoms with E-state index in [4.69, 9.17) is 4.74 Å². The van der Waals surface area contributed by atoms with Crippen LogP contribution < -0.4 is 5.32 Å². The van der Waals surface area contributed by atoms with Crippen LogP contribution in [0.1, 0.15) is 23.1 Å². The van der Waals surface area contributed by atoms with Crippen LogP contribution in [-0.2, 0) is 11.3 Å². The van der Waals surface area contributed by atoms with Crippen LogP contribution >= 0.6 is 0 Å². The van der Waals surface area contributed by atoms with Gasteiger partial charge in [-0.1, -0.05) is 0 Å². The summed E-state index contributed by atoms with van der Waals surface area (Å²) < 4.78 is 6.49. The third-order valence-corrected chi connectivity index (χ3v) is 1.97. The Morgan fingerprint density at radius 1 is 1.71 bits per heavy atom. The highest BCUT2D eigenvalue weighted by Gasteiger charge is 2.16. The maximum Gasteiger partial charge on any atom is 0.356 e. The Kier molecular flexibility index (Phi) is 2.22. The number of carbonyl (C=O) groups excluding carboxylic acids is 1. The molecule has 2 rings (SSSR count). The topological polar surface area (TPSA) is 55.6 Å². The fraction of sp³-hybridized carbons (Fsp3) is 0.333. The second-order valence-electron chi connectivity index (χ2n) is 2.87. The summed E-state index contributed by atoms with van der Waals surface area (Å²) in [6, 6.07) is 3.58. The van der Waals surface area contributed by atoms with Gasteiger partial charge in [0.2, 0.25) is 0 Å². The van der Waals surface area contributed by atoms with E-state index in [1.165, 1.54) is 0 Å². The molecule has 5 heteroatoms. The van der Waals surface area contributed by atoms with Gasteiger partial charge >= 0.3 is 5.97 Å². The highest BCUT2D eigenvalue weighted by Crippen LogP contribution is 2.12. The lowest BCUT2D eigenvalue weighted by Crippen LogP contribution is -2.21. The van der Waals surface area contributed by atoms with Crippen molar-refractivity contribution in [3.63, 3.8) is 0 Å². The second kappa shape index (κ2) is 3.53. The van der Waals surface area contributed by atoms with Gasteiger partial charge in [-0.05, 0) is 19.1 Å². The molecule has 14 heavy (non-hydrogen) atoms. The van der Waals surface area contributed by atoms with E-state index in [0.29, 0.717) is 18.8 Å². The molecule has 2 heterocycles. The van der Waals surface area contributed by atoms with Crippen LogP contribution in [0.25, 0.3) is 0 Å². The van der Waals surface area contributed by atoms with Crippen LogP contribution in [-0.4, -0.2) is 23.6 Å². The van der Waals surface area contributed by atoms with E-state index in [1.807, 2.05) is 6.07 Å². The molecule has 1 N–H and O–H groups in total. The Balaban J connectivity index is 2.32. The van der Waals surface area contributed by atoms with Crippen molar-refractivity contribution in [3.05, 3.63) is 23.5 Å². The largest absolute Gasteiger partial charge is 0.461 e. The summed E-state index contributed by atoms with van der Waals surface area (Å²) in [4.78, 5) is 11.4. The molecule has 0 bridgehead atoms. The molecule has 0 aromatic carbocycles. The molecule has 1 aliphatic heterocycles. The van der Waals surface area contributed by atoms with Gasteiger partial charge in [0.25, 0.3) is 0 Å². The summed E-state index contributed by atoms with van der Waals surface area (Å²) in [7, 11) is 0. The van der Waals surface area contributed by atoms with Crippen molar-refractivity contribution >= 4 is 12.3 Å². The molecule has 0 atom stereocenters. The number of carbonyl (C=O) groups is 1. The van der Waals surface area contributed by atoms with Crippen LogP contribution in [0.2, 0.25) is 0 Å². The Bertz CT molecular complexity index is 381. The number of nitrogens with zero attached hydrogens (tertiary/aromatic N) is 2. The monoisotopic (exact) mass is 193 g/mol. The number of nitrogens with one attached hydrogen (secondary N) is 1. The van der Waals surface area contributed by atoms with E-state index in [2.05, 4.69) is 10.4 Å². The van der Waals surface area contributed by atoms with Crippen molar-refractivity contribution in [2.75, 3.05) is 6.61 Å². The van der Waals surface area contributed by atoms with Crippen LogP contribution in [0.4, 0.5) is 0 Å². The molecule has 1 aromatic heterocycles. The molecule has 0 aliphatic carbocycles. The lowest BCUT2D eigenvalue weighted by atomic mass is 10.4. The average molecular weight is 193 g/mol. The van der Waals surface area contributed by atoms with Crippen LogP contribution in [0, 0.1) is 0 Å². The number of rotatable bonds is 2. The van der Waals surface area contributed by atoms with Crippen molar-refractivity contribution in [2.24, 2.45) is 5.10 Å². The molecule has 0 saturated carbocycles. The van der Waals surface area contributed by atoms with E-state index in [-0.39, 0.29) is 5.97 Å². The zero-order chi connectivity index (χ0) is 9.97. The molecule has 0 unspecified atom stereocenters. The summed E-state index contributed by atoms with van der Waals surface area (Å²) in [5.41, 5.74) is 1.43. The first kappa shape index (κ1) is 8.80. The fourth-order valence-electron chi connectivity index (χ4n) is 1.35. The first-order valence-electron chi connectivity index (χ1n) is 4.47. The Labute approximate surface area is 81.4 Å². The number of hydrogen-bond acceptors (Lipinski definition) is 4. The van der Waals surface area contributed by atoms with E-state index >= 15 is 0 Å². The van der Waals surface area contributed by atoms with Gasteiger partial charge in [-0.15, -0.1) is 0 Å². The lowest BCUT2D eigenvalue weighted by Gasteiger charge is -2.11. The minimum absolute atomic E-state index is 0.335. The van der Waals surface area contributed by atoms with E-state index in [0.717, 1.165) is 5.69 Å². The van der Waals surface area contributed by atoms with Gasteiger partial charge in [0.15, 0.2) is 0 Å². The van der Waals surface area contributed by atoms with Gasteiger partial charge in [-0.3, -0.25) is 0 Å². The maximum atomic E-state index is 11.4. The van der Waals surface area contributed by atoms with Gasteiger partial charge in [0, 0.05) is 0 Å². The quantitative estimate of drug-likeness (QED) is 0.698. The number of esters is 1. The number of aromatic nitrogens is 1. The second-order valence-corrected chi connectivity index (χ2v) is 2.87. The summed E-state index contributed by atoms with van der Waals surface area (Å²) in [5, 5.41) is 7.00. The first-order chi connectivity index (χ1) is 6.83. The van der Waals surface area contributed by atoms with Gasteiger partial charge in [0.1, 0.15) is 12.0 Å². The lowest BCUT2D eigenvalue weighted by molar-refractivity contribution is 0.0514. The Morgan fingerprint density at radius 2 is 2.57 bits per heavy atom. The predicted molar refractivity (Wildman–Crippen MR) is 51.1 cm³/mol. The molecule has 0 amide bonds. The number of fused-ring (bicyclic) bond motifs is 1. The average Bonchev–Trinajstić information content (AvgIpc) is 2.61. The van der Waals surface area contributed by atoms with Crippen molar-refractivity contribution < 1.29 is 9.53 Å². The highest BCUT2D eigenvalue weighted by molar-refractivity contribution is 5.88. The molecule has 0 radical (unpaired) electrons. The summed E-state index contributed by atoms with van der Waals surface area (Å²) in [6.07, 6.45) is 1.57. The first-order valence-corrected chi connectivity index (χ1v) is 4.47. The third-order valence-electron chi connectivity index (χ3n) is 1.97. The normalized spacial score (nSPS) is 13.2. The minimum atomic E-state index is -0.335. The van der Waals surface area contributed by atoms with Crippen LogP contribution in [0.15, 0.2) is 17.2 Å². The molecule has 0 spiro atoms. The van der Waals surface area contributed by atoms with E-state index < -0.39 is 0 Å². The SMILES string of the molecule is CCOC(=O)c1ccc2n1N=CNC2. The summed E-state index contributed by atoms with van der Waals surface area (Å²) in [6.45, 7) is 2.84. The predicted octanol–water partition coefficient (Wildman–Crippen LogP) is 0.559. The smallest absolute Gasteiger partial charge is 0.356 e. The highest BCUT2D eigenvalue weighted by atomic mass is 16.5. The van der Waals surface area contributed by atoms with Gasteiger partial charge in [-0.2, -0.15) is 5.10 Å². The molecular weight excluding hydrogens is 182 g/mol. The zero-order valence-corrected chi connectivity index (χ0v) is 7.86. The molecule has 5 nitrogen and oxygen atoms in total. The van der Waals surface area contributed by atoms with Gasteiger partial charge < -0.3 is 10.1 Å².